The molecule has 0 bridgehead atoms. The van der Waals surface area contributed by atoms with E-state index in [0.717, 1.165) is 34.4 Å². The van der Waals surface area contributed by atoms with Gasteiger partial charge in [-0.2, -0.15) is 0 Å². The van der Waals surface area contributed by atoms with Crippen LogP contribution in [0.1, 0.15) is 11.3 Å². The molecule has 0 saturated carbocycles. The second-order valence-corrected chi connectivity index (χ2v) is 6.89. The van der Waals surface area contributed by atoms with Gasteiger partial charge in [-0.05, 0) is 36.2 Å². The van der Waals surface area contributed by atoms with Crippen LogP contribution in [0, 0.1) is 0 Å². The number of nitrogens with zero attached hydrogens (tertiary/aromatic N) is 2. The van der Waals surface area contributed by atoms with Crippen LogP contribution in [-0.2, 0) is 17.8 Å². The number of rotatable bonds is 5. The van der Waals surface area contributed by atoms with Crippen molar-refractivity contribution in [2.75, 3.05) is 0 Å². The average molecular weight is 353 g/mol. The molecule has 4 rings (SSSR count). The Morgan fingerprint density at radius 1 is 1.16 bits per heavy atom. The summed E-state index contributed by atoms with van der Waals surface area (Å²) in [5.74, 6) is 0.516. The molecule has 1 atom stereocenters. The summed E-state index contributed by atoms with van der Waals surface area (Å²) in [5, 5.41) is 1.67. The van der Waals surface area contributed by atoms with E-state index in [1.807, 2.05) is 59.3 Å². The van der Waals surface area contributed by atoms with Gasteiger partial charge in [0.05, 0.1) is 10.9 Å². The maximum atomic E-state index is 11.6. The van der Waals surface area contributed by atoms with Crippen LogP contribution in [0.25, 0.3) is 5.65 Å². The van der Waals surface area contributed by atoms with E-state index in [0.29, 0.717) is 13.0 Å². The molecule has 25 heavy (non-hydrogen) atoms. The highest BCUT2D eigenvalue weighted by Gasteiger charge is 2.31. The maximum Gasteiger partial charge on any atom is 0.286 e. The molecule has 7 heteroatoms. The SMILES string of the molecule is O=C1NC(=O)C(Cc2ccc(OCc3cn4ccccc4n3)cc2)S1. The minimum atomic E-state index is -0.350. The highest BCUT2D eigenvalue weighted by Crippen LogP contribution is 2.24. The van der Waals surface area contributed by atoms with Crippen molar-refractivity contribution in [2.45, 2.75) is 18.3 Å². The third-order valence-electron chi connectivity index (χ3n) is 3.91. The standard InChI is InChI=1S/C18H15N3O3S/c22-17-15(25-18(23)20-17)9-12-4-6-14(7-5-12)24-11-13-10-21-8-2-1-3-16(21)19-13/h1-8,10,15H,9,11H2,(H,20,22,23). The summed E-state index contributed by atoms with van der Waals surface area (Å²) in [6.07, 6.45) is 4.41. The largest absolute Gasteiger partial charge is 0.487 e. The minimum Gasteiger partial charge on any atom is -0.487 e. The van der Waals surface area contributed by atoms with Crippen LogP contribution in [0.5, 0.6) is 5.75 Å². The molecule has 1 aliphatic rings. The molecule has 3 heterocycles. The average Bonchev–Trinajstić information content (AvgIpc) is 3.16. The quantitative estimate of drug-likeness (QED) is 0.764. The molecule has 3 aromatic rings. The highest BCUT2D eigenvalue weighted by atomic mass is 32.2. The van der Waals surface area contributed by atoms with Gasteiger partial charge in [0.15, 0.2) is 0 Å². The number of imidazole rings is 1. The molecule has 1 N–H and O–H groups in total. The number of nitrogens with one attached hydrogen (secondary N) is 1. The molecule has 0 spiro atoms. The predicted octanol–water partition coefficient (Wildman–Crippen LogP) is 2.81. The zero-order valence-electron chi connectivity index (χ0n) is 13.2. The van der Waals surface area contributed by atoms with Crippen LogP contribution in [0.2, 0.25) is 0 Å². The number of amides is 2. The van der Waals surface area contributed by atoms with Crippen LogP contribution in [0.15, 0.2) is 54.9 Å². The van der Waals surface area contributed by atoms with Gasteiger partial charge in [0.25, 0.3) is 5.24 Å². The number of carbonyl (C=O) groups is 2. The van der Waals surface area contributed by atoms with Crippen molar-refractivity contribution in [3.63, 3.8) is 0 Å². The summed E-state index contributed by atoms with van der Waals surface area (Å²) < 4.78 is 7.72. The van der Waals surface area contributed by atoms with E-state index < -0.39 is 0 Å². The lowest BCUT2D eigenvalue weighted by Crippen LogP contribution is -2.25. The lowest BCUT2D eigenvalue weighted by atomic mass is 10.1. The Hall–Kier alpha value is -2.80. The molecule has 1 saturated heterocycles. The maximum absolute atomic E-state index is 11.6. The summed E-state index contributed by atoms with van der Waals surface area (Å²) in [6, 6.07) is 13.4. The van der Waals surface area contributed by atoms with E-state index in [-0.39, 0.29) is 16.4 Å². The first-order valence-electron chi connectivity index (χ1n) is 7.83. The molecule has 1 fully saturated rings. The number of thioether (sulfide) groups is 1. The zero-order valence-corrected chi connectivity index (χ0v) is 14.0. The van der Waals surface area contributed by atoms with Crippen molar-refractivity contribution in [3.8, 4) is 5.75 Å². The smallest absolute Gasteiger partial charge is 0.286 e. The summed E-state index contributed by atoms with van der Waals surface area (Å²) in [5.41, 5.74) is 2.73. The summed E-state index contributed by atoms with van der Waals surface area (Å²) in [7, 11) is 0. The number of hydrogen-bond donors (Lipinski definition) is 1. The van der Waals surface area contributed by atoms with Gasteiger partial charge in [-0.25, -0.2) is 4.98 Å². The molecule has 6 nitrogen and oxygen atoms in total. The first-order chi connectivity index (χ1) is 12.2. The van der Waals surface area contributed by atoms with Gasteiger partial charge in [-0.3, -0.25) is 14.9 Å². The Kier molecular flexibility index (Phi) is 4.15. The second kappa shape index (κ2) is 6.60. The predicted molar refractivity (Wildman–Crippen MR) is 94.6 cm³/mol. The first-order valence-corrected chi connectivity index (χ1v) is 8.71. The van der Waals surface area contributed by atoms with Crippen molar-refractivity contribution in [1.82, 2.24) is 14.7 Å². The lowest BCUT2D eigenvalue weighted by molar-refractivity contribution is -0.118. The Bertz CT molecular complexity index is 903. The lowest BCUT2D eigenvalue weighted by Gasteiger charge is -2.07. The van der Waals surface area contributed by atoms with Crippen LogP contribution in [0.3, 0.4) is 0 Å². The number of imide groups is 1. The summed E-state index contributed by atoms with van der Waals surface area (Å²) in [6.45, 7) is 0.385. The monoisotopic (exact) mass is 353 g/mol. The normalized spacial score (nSPS) is 17.0. The molecule has 2 amide bonds. The first kappa shape index (κ1) is 15.7. The number of carbonyl (C=O) groups excluding carboxylic acids is 2. The highest BCUT2D eigenvalue weighted by molar-refractivity contribution is 8.15. The summed E-state index contributed by atoms with van der Waals surface area (Å²) in [4.78, 5) is 27.3. The number of fused-ring (bicyclic) bond motifs is 1. The molecular formula is C18H15N3O3S. The van der Waals surface area contributed by atoms with Crippen LogP contribution in [0.4, 0.5) is 4.79 Å². The third kappa shape index (κ3) is 3.51. The van der Waals surface area contributed by atoms with Gasteiger partial charge >= 0.3 is 0 Å². The van der Waals surface area contributed by atoms with Gasteiger partial charge in [0.1, 0.15) is 18.0 Å². The van der Waals surface area contributed by atoms with E-state index in [4.69, 9.17) is 4.74 Å². The van der Waals surface area contributed by atoms with E-state index in [1.165, 1.54) is 0 Å². The van der Waals surface area contributed by atoms with Crippen LogP contribution < -0.4 is 10.1 Å². The molecule has 1 unspecified atom stereocenters. The zero-order chi connectivity index (χ0) is 17.2. The fourth-order valence-corrected chi connectivity index (χ4v) is 3.54. The van der Waals surface area contributed by atoms with Gasteiger partial charge in [0.2, 0.25) is 5.91 Å². The molecule has 0 radical (unpaired) electrons. The second-order valence-electron chi connectivity index (χ2n) is 5.72. The molecule has 1 aromatic carbocycles. The van der Waals surface area contributed by atoms with Crippen molar-refractivity contribution in [1.29, 1.82) is 0 Å². The molecule has 1 aliphatic heterocycles. The number of aromatic nitrogens is 2. The molecular weight excluding hydrogens is 338 g/mol. The van der Waals surface area contributed by atoms with E-state index in [1.54, 1.807) is 0 Å². The van der Waals surface area contributed by atoms with Gasteiger partial charge in [-0.15, -0.1) is 0 Å². The fraction of sp³-hybridized carbons (Fsp3) is 0.167. The van der Waals surface area contributed by atoms with Crippen molar-refractivity contribution < 1.29 is 14.3 Å². The minimum absolute atomic E-state index is 0.220. The fourth-order valence-electron chi connectivity index (χ4n) is 2.68. The Balaban J connectivity index is 1.37. The molecule has 0 aliphatic carbocycles. The number of benzene rings is 1. The molecule has 2 aromatic heterocycles. The van der Waals surface area contributed by atoms with E-state index in [2.05, 4.69) is 10.3 Å². The van der Waals surface area contributed by atoms with Gasteiger partial charge in [0, 0.05) is 12.4 Å². The van der Waals surface area contributed by atoms with Crippen molar-refractivity contribution >= 4 is 28.6 Å². The van der Waals surface area contributed by atoms with Gasteiger partial charge in [-0.1, -0.05) is 30.0 Å². The van der Waals surface area contributed by atoms with Crippen molar-refractivity contribution in [3.05, 3.63) is 66.1 Å². The summed E-state index contributed by atoms with van der Waals surface area (Å²) >= 11 is 1.04. The van der Waals surface area contributed by atoms with Crippen LogP contribution in [-0.4, -0.2) is 25.8 Å². The number of pyridine rings is 1. The van der Waals surface area contributed by atoms with Crippen molar-refractivity contribution in [2.24, 2.45) is 0 Å². The Morgan fingerprint density at radius 2 is 2.00 bits per heavy atom. The molecule has 126 valence electrons. The Labute approximate surface area is 148 Å². The van der Waals surface area contributed by atoms with Gasteiger partial charge < -0.3 is 9.14 Å². The van der Waals surface area contributed by atoms with E-state index >= 15 is 0 Å². The third-order valence-corrected chi connectivity index (χ3v) is 4.89. The van der Waals surface area contributed by atoms with E-state index in [9.17, 15) is 9.59 Å². The van der Waals surface area contributed by atoms with Crippen LogP contribution >= 0.6 is 11.8 Å². The number of hydrogen-bond acceptors (Lipinski definition) is 5. The topological polar surface area (TPSA) is 72.7 Å². The number of ether oxygens (including phenoxy) is 1. The Morgan fingerprint density at radius 3 is 2.72 bits per heavy atom.